The van der Waals surface area contributed by atoms with E-state index in [1.807, 2.05) is 12.1 Å². The van der Waals surface area contributed by atoms with Crippen LogP contribution in [0.4, 0.5) is 5.82 Å². The summed E-state index contributed by atoms with van der Waals surface area (Å²) in [5.41, 5.74) is 1.34. The highest BCUT2D eigenvalue weighted by Crippen LogP contribution is 2.06. The van der Waals surface area contributed by atoms with E-state index in [9.17, 15) is 0 Å². The Morgan fingerprint density at radius 1 is 1.20 bits per heavy atom. The number of aromatic nitrogens is 2. The van der Waals surface area contributed by atoms with E-state index >= 15 is 0 Å². The molecule has 0 bridgehead atoms. The Hall–Kier alpha value is -1.65. The predicted octanol–water partition coefficient (Wildman–Crippen LogP) is 3.06. The molecule has 0 radical (unpaired) electrons. The Morgan fingerprint density at radius 3 is 2.75 bits per heavy atom. The first-order valence-corrected chi connectivity index (χ1v) is 7.07. The summed E-state index contributed by atoms with van der Waals surface area (Å²) in [4.78, 5) is 10.2. The highest BCUT2D eigenvalue weighted by Gasteiger charge is 2.00. The Kier molecular flexibility index (Phi) is 5.77. The summed E-state index contributed by atoms with van der Waals surface area (Å²) in [7, 11) is 2.13. The van der Waals surface area contributed by atoms with Crippen LogP contribution in [0.5, 0.6) is 0 Å². The molecular weight excluding hydrogens is 272 g/mol. The minimum absolute atomic E-state index is 0.274. The van der Waals surface area contributed by atoms with E-state index < -0.39 is 0 Å². The van der Waals surface area contributed by atoms with Gasteiger partial charge in [-0.05, 0) is 43.2 Å². The molecule has 1 aromatic carbocycles. The smallest absolute Gasteiger partial charge is 0.224 e. The van der Waals surface area contributed by atoms with E-state index in [1.165, 1.54) is 5.56 Å². The maximum Gasteiger partial charge on any atom is 0.224 e. The monoisotopic (exact) mass is 290 g/mol. The molecule has 1 heterocycles. The van der Waals surface area contributed by atoms with E-state index in [-0.39, 0.29) is 5.28 Å². The van der Waals surface area contributed by atoms with Crippen molar-refractivity contribution < 1.29 is 0 Å². The van der Waals surface area contributed by atoms with Gasteiger partial charge in [-0.3, -0.25) is 0 Å². The molecule has 0 fully saturated rings. The summed E-state index contributed by atoms with van der Waals surface area (Å²) in [6.07, 6.45) is 2.70. The first kappa shape index (κ1) is 14.8. The molecule has 0 aliphatic heterocycles. The largest absolute Gasteiger partial charge is 0.370 e. The zero-order valence-electron chi connectivity index (χ0n) is 11.6. The van der Waals surface area contributed by atoms with Crippen LogP contribution in [0.1, 0.15) is 12.0 Å². The van der Waals surface area contributed by atoms with Crippen LogP contribution < -0.4 is 5.32 Å². The van der Waals surface area contributed by atoms with Crippen LogP contribution in [-0.4, -0.2) is 35.0 Å². The third-order valence-electron chi connectivity index (χ3n) is 2.94. The maximum absolute atomic E-state index is 5.73. The van der Waals surface area contributed by atoms with Crippen molar-refractivity contribution >= 4 is 17.4 Å². The van der Waals surface area contributed by atoms with Crippen molar-refractivity contribution in [1.29, 1.82) is 0 Å². The summed E-state index contributed by atoms with van der Waals surface area (Å²) < 4.78 is 0. The van der Waals surface area contributed by atoms with Crippen LogP contribution in [0.15, 0.2) is 42.6 Å². The summed E-state index contributed by atoms with van der Waals surface area (Å²) >= 11 is 5.73. The molecule has 0 spiro atoms. The van der Waals surface area contributed by atoms with Crippen molar-refractivity contribution in [2.45, 2.75) is 13.0 Å². The molecule has 0 saturated heterocycles. The van der Waals surface area contributed by atoms with E-state index in [4.69, 9.17) is 11.6 Å². The number of hydrogen-bond acceptors (Lipinski definition) is 4. The van der Waals surface area contributed by atoms with Crippen molar-refractivity contribution in [3.63, 3.8) is 0 Å². The molecule has 0 aliphatic rings. The minimum Gasteiger partial charge on any atom is -0.370 e. The molecule has 0 aliphatic carbocycles. The second-order valence-corrected chi connectivity index (χ2v) is 5.05. The highest BCUT2D eigenvalue weighted by molar-refractivity contribution is 6.28. The first-order chi connectivity index (χ1) is 9.74. The van der Waals surface area contributed by atoms with Gasteiger partial charge in [0.25, 0.3) is 0 Å². The molecule has 20 heavy (non-hydrogen) atoms. The van der Waals surface area contributed by atoms with E-state index in [0.29, 0.717) is 0 Å². The lowest BCUT2D eigenvalue weighted by Crippen LogP contribution is -2.21. The number of nitrogens with one attached hydrogen (secondary N) is 1. The first-order valence-electron chi connectivity index (χ1n) is 6.69. The molecule has 2 aromatic rings. The van der Waals surface area contributed by atoms with Gasteiger partial charge in [0, 0.05) is 19.3 Å². The van der Waals surface area contributed by atoms with Crippen molar-refractivity contribution in [2.75, 3.05) is 25.5 Å². The maximum atomic E-state index is 5.73. The average molecular weight is 291 g/mol. The Labute approximate surface area is 124 Å². The molecule has 1 N–H and O–H groups in total. The molecule has 106 valence electrons. The number of rotatable bonds is 7. The standard InChI is InChI=1S/C15H19ClN4/c1-20(12-13-6-3-2-4-7-13)11-5-9-17-14-8-10-18-15(16)19-14/h2-4,6-8,10H,5,9,11-12H2,1H3,(H,17,18,19). The third-order valence-corrected chi connectivity index (χ3v) is 3.13. The normalized spacial score (nSPS) is 10.8. The van der Waals surface area contributed by atoms with E-state index in [2.05, 4.69) is 51.5 Å². The average Bonchev–Trinajstić information content (AvgIpc) is 2.45. The number of hydrogen-bond donors (Lipinski definition) is 1. The lowest BCUT2D eigenvalue weighted by Gasteiger charge is -2.16. The van der Waals surface area contributed by atoms with Gasteiger partial charge in [-0.15, -0.1) is 0 Å². The number of benzene rings is 1. The third kappa shape index (κ3) is 5.15. The van der Waals surface area contributed by atoms with Crippen LogP contribution in [0.3, 0.4) is 0 Å². The molecule has 5 heteroatoms. The van der Waals surface area contributed by atoms with Gasteiger partial charge in [0.1, 0.15) is 5.82 Å². The molecule has 0 atom stereocenters. The van der Waals surface area contributed by atoms with Crippen molar-refractivity contribution in [3.05, 3.63) is 53.4 Å². The lowest BCUT2D eigenvalue weighted by atomic mass is 10.2. The predicted molar refractivity (Wildman–Crippen MR) is 82.9 cm³/mol. The van der Waals surface area contributed by atoms with Gasteiger partial charge >= 0.3 is 0 Å². The molecule has 0 amide bonds. The Balaban J connectivity index is 1.66. The SMILES string of the molecule is CN(CCCNc1ccnc(Cl)n1)Cc1ccccc1. The van der Waals surface area contributed by atoms with Crippen LogP contribution in [0.25, 0.3) is 0 Å². The van der Waals surface area contributed by atoms with Crippen LogP contribution in [0, 0.1) is 0 Å². The van der Waals surface area contributed by atoms with Crippen molar-refractivity contribution in [1.82, 2.24) is 14.9 Å². The highest BCUT2D eigenvalue weighted by atomic mass is 35.5. The lowest BCUT2D eigenvalue weighted by molar-refractivity contribution is 0.325. The fraction of sp³-hybridized carbons (Fsp3) is 0.333. The molecule has 0 unspecified atom stereocenters. The summed E-state index contributed by atoms with van der Waals surface area (Å²) in [5.74, 6) is 0.774. The van der Waals surface area contributed by atoms with Gasteiger partial charge in [-0.2, -0.15) is 0 Å². The van der Waals surface area contributed by atoms with Crippen LogP contribution in [-0.2, 0) is 6.54 Å². The van der Waals surface area contributed by atoms with Gasteiger partial charge in [0.15, 0.2) is 0 Å². The summed E-state index contributed by atoms with van der Waals surface area (Å²) in [6, 6.07) is 12.3. The van der Waals surface area contributed by atoms with Gasteiger partial charge in [0.2, 0.25) is 5.28 Å². The number of nitrogens with zero attached hydrogens (tertiary/aromatic N) is 3. The second kappa shape index (κ2) is 7.82. The van der Waals surface area contributed by atoms with E-state index in [1.54, 1.807) is 6.20 Å². The van der Waals surface area contributed by atoms with Gasteiger partial charge in [-0.1, -0.05) is 30.3 Å². The molecule has 4 nitrogen and oxygen atoms in total. The Bertz CT molecular complexity index is 518. The second-order valence-electron chi connectivity index (χ2n) is 4.71. The van der Waals surface area contributed by atoms with Crippen LogP contribution >= 0.6 is 11.6 Å². The fourth-order valence-electron chi connectivity index (χ4n) is 1.97. The van der Waals surface area contributed by atoms with Crippen molar-refractivity contribution in [2.24, 2.45) is 0 Å². The molecule has 0 saturated carbocycles. The zero-order valence-corrected chi connectivity index (χ0v) is 12.3. The summed E-state index contributed by atoms with van der Waals surface area (Å²) in [5, 5.41) is 3.52. The number of anilines is 1. The van der Waals surface area contributed by atoms with Crippen molar-refractivity contribution in [3.8, 4) is 0 Å². The topological polar surface area (TPSA) is 41.0 Å². The number of halogens is 1. The minimum atomic E-state index is 0.274. The fourth-order valence-corrected chi connectivity index (χ4v) is 2.12. The Morgan fingerprint density at radius 2 is 2.00 bits per heavy atom. The van der Waals surface area contributed by atoms with E-state index in [0.717, 1.165) is 31.9 Å². The van der Waals surface area contributed by atoms with Gasteiger partial charge in [-0.25, -0.2) is 9.97 Å². The van der Waals surface area contributed by atoms with Crippen LogP contribution in [0.2, 0.25) is 5.28 Å². The summed E-state index contributed by atoms with van der Waals surface area (Å²) in [6.45, 7) is 2.87. The van der Waals surface area contributed by atoms with Gasteiger partial charge < -0.3 is 10.2 Å². The molecule has 2 rings (SSSR count). The zero-order chi connectivity index (χ0) is 14.2. The quantitative estimate of drug-likeness (QED) is 0.628. The molecular formula is C15H19ClN4. The molecule has 1 aromatic heterocycles. The van der Waals surface area contributed by atoms with Gasteiger partial charge in [0.05, 0.1) is 0 Å².